The molecule has 0 radical (unpaired) electrons. The van der Waals surface area contributed by atoms with Gasteiger partial charge < -0.3 is 14.2 Å². The molecular weight excluding hydrogens is 622 g/mol. The van der Waals surface area contributed by atoms with Gasteiger partial charge >= 0.3 is 11.7 Å². The first-order chi connectivity index (χ1) is 22.7. The fourth-order valence-corrected chi connectivity index (χ4v) is 6.48. The monoisotopic (exact) mass is 651 g/mol. The molecule has 3 aromatic carbocycles. The van der Waals surface area contributed by atoms with Crippen molar-refractivity contribution in [3.05, 3.63) is 131 Å². The summed E-state index contributed by atoms with van der Waals surface area (Å²) in [4.78, 5) is 43.9. The molecule has 0 saturated carbocycles. The van der Waals surface area contributed by atoms with Gasteiger partial charge in [-0.05, 0) is 61.9 Å². The molecule has 0 saturated heterocycles. The second kappa shape index (κ2) is 12.9. The van der Waals surface area contributed by atoms with Gasteiger partial charge in [-0.2, -0.15) is 5.10 Å². The molecule has 0 N–H and O–H groups in total. The number of hydrogen-bond donors (Lipinski definition) is 0. The molecule has 0 amide bonds. The maximum Gasteiger partial charge on any atom is 0.338 e. The Bertz CT molecular complexity index is 2220. The highest BCUT2D eigenvalue weighted by Gasteiger charge is 2.33. The van der Waals surface area contributed by atoms with E-state index in [1.807, 2.05) is 30.3 Å². The van der Waals surface area contributed by atoms with Gasteiger partial charge in [0.25, 0.3) is 5.56 Å². The summed E-state index contributed by atoms with van der Waals surface area (Å²) in [6.07, 6.45) is 3.45. The number of carbonyl (C=O) groups is 1. The third-order valence-electron chi connectivity index (χ3n) is 7.65. The second-order valence-electron chi connectivity index (χ2n) is 10.4. The van der Waals surface area contributed by atoms with Gasteiger partial charge in [-0.3, -0.25) is 19.5 Å². The molecule has 47 heavy (non-hydrogen) atoms. The number of carbonyl (C=O) groups excluding carboxylic acids is 1. The van der Waals surface area contributed by atoms with E-state index >= 15 is 0 Å². The molecule has 3 heterocycles. The van der Waals surface area contributed by atoms with Crippen LogP contribution < -0.4 is 24.4 Å². The normalized spacial score (nSPS) is 14.4. The number of ether oxygens (including phenoxy) is 3. The number of benzene rings is 3. The van der Waals surface area contributed by atoms with Crippen molar-refractivity contribution in [2.24, 2.45) is 4.99 Å². The van der Waals surface area contributed by atoms with Gasteiger partial charge in [0.2, 0.25) is 0 Å². The maximum absolute atomic E-state index is 14.3. The number of methoxy groups -OCH3 is 2. The van der Waals surface area contributed by atoms with Gasteiger partial charge in [0.05, 0.1) is 53.3 Å². The van der Waals surface area contributed by atoms with E-state index in [9.17, 15) is 19.7 Å². The molecule has 6 rings (SSSR count). The highest BCUT2D eigenvalue weighted by Crippen LogP contribution is 2.34. The van der Waals surface area contributed by atoms with E-state index in [2.05, 4.69) is 4.99 Å². The van der Waals surface area contributed by atoms with Crippen LogP contribution in [0.25, 0.3) is 23.0 Å². The molecule has 5 aromatic rings. The van der Waals surface area contributed by atoms with Crippen LogP contribution in [-0.2, 0) is 9.53 Å². The standard InChI is InChI=1S/C34H29N5O7S/c1-5-46-33(41)29-20(2)35-34-38(31(29)21-11-14-25(44-3)15-12-21)32(40)28(47-34)18-23-19-37(24-9-7-6-8-10-24)36-30(23)22-13-16-27(45-4)26(17-22)39(42)43/h6-19,31H,5H2,1-4H3/b28-18-/t31-/m1/s1. The quantitative estimate of drug-likeness (QED) is 0.128. The number of allylic oxidation sites excluding steroid dienone is 1. The fraction of sp³-hybridized carbons (Fsp3) is 0.176. The van der Waals surface area contributed by atoms with E-state index < -0.39 is 16.9 Å². The van der Waals surface area contributed by atoms with E-state index in [0.717, 1.165) is 5.69 Å². The molecule has 1 aliphatic heterocycles. The van der Waals surface area contributed by atoms with Crippen molar-refractivity contribution < 1.29 is 23.9 Å². The van der Waals surface area contributed by atoms with Crippen LogP contribution >= 0.6 is 11.3 Å². The van der Waals surface area contributed by atoms with Crippen molar-refractivity contribution >= 4 is 29.1 Å². The number of nitro benzene ring substituents is 1. The average Bonchev–Trinajstić information content (AvgIpc) is 3.64. The summed E-state index contributed by atoms with van der Waals surface area (Å²) < 4.78 is 19.4. The van der Waals surface area contributed by atoms with Crippen molar-refractivity contribution in [2.75, 3.05) is 20.8 Å². The Hall–Kier alpha value is -5.82. The van der Waals surface area contributed by atoms with Crippen molar-refractivity contribution in [3.8, 4) is 28.4 Å². The van der Waals surface area contributed by atoms with Gasteiger partial charge in [-0.15, -0.1) is 0 Å². The molecule has 2 aromatic heterocycles. The Balaban J connectivity index is 1.57. The van der Waals surface area contributed by atoms with Crippen LogP contribution in [0.3, 0.4) is 0 Å². The Morgan fingerprint density at radius 3 is 2.47 bits per heavy atom. The largest absolute Gasteiger partial charge is 0.497 e. The van der Waals surface area contributed by atoms with Crippen LogP contribution in [0.2, 0.25) is 0 Å². The Kier molecular flexibility index (Phi) is 8.55. The van der Waals surface area contributed by atoms with Crippen LogP contribution in [0.5, 0.6) is 11.5 Å². The third kappa shape index (κ3) is 5.84. The van der Waals surface area contributed by atoms with E-state index in [0.29, 0.717) is 43.2 Å². The van der Waals surface area contributed by atoms with Crippen molar-refractivity contribution in [1.29, 1.82) is 0 Å². The number of nitro groups is 1. The lowest BCUT2D eigenvalue weighted by atomic mass is 9.96. The molecule has 0 unspecified atom stereocenters. The summed E-state index contributed by atoms with van der Waals surface area (Å²) in [7, 11) is 2.93. The van der Waals surface area contributed by atoms with Gasteiger partial charge in [0, 0.05) is 23.4 Å². The number of rotatable bonds is 9. The van der Waals surface area contributed by atoms with Crippen LogP contribution in [0.15, 0.2) is 100 Å². The zero-order valence-corrected chi connectivity index (χ0v) is 26.7. The topological polar surface area (TPSA) is 140 Å². The average molecular weight is 652 g/mol. The highest BCUT2D eigenvalue weighted by atomic mass is 32.1. The van der Waals surface area contributed by atoms with Gasteiger partial charge in [0.15, 0.2) is 10.6 Å². The van der Waals surface area contributed by atoms with Crippen molar-refractivity contribution in [3.63, 3.8) is 0 Å². The minimum absolute atomic E-state index is 0.113. The molecule has 1 aliphatic rings. The van der Waals surface area contributed by atoms with Crippen LogP contribution in [-0.4, -0.2) is 46.1 Å². The summed E-state index contributed by atoms with van der Waals surface area (Å²) in [5.74, 6) is 0.181. The lowest BCUT2D eigenvalue weighted by Crippen LogP contribution is -2.39. The molecule has 238 valence electrons. The first-order valence-corrected chi connectivity index (χ1v) is 15.4. The zero-order chi connectivity index (χ0) is 33.2. The molecule has 0 fully saturated rings. The van der Waals surface area contributed by atoms with E-state index in [1.165, 1.54) is 35.1 Å². The lowest BCUT2D eigenvalue weighted by molar-refractivity contribution is -0.385. The number of nitrogens with zero attached hydrogens (tertiary/aromatic N) is 5. The number of para-hydroxylation sites is 1. The van der Waals surface area contributed by atoms with Gasteiger partial charge in [-0.1, -0.05) is 41.7 Å². The second-order valence-corrected chi connectivity index (χ2v) is 11.4. The fourth-order valence-electron chi connectivity index (χ4n) is 5.44. The first kappa shape index (κ1) is 31.2. The van der Waals surface area contributed by atoms with E-state index in [4.69, 9.17) is 19.3 Å². The summed E-state index contributed by atoms with van der Waals surface area (Å²) in [5, 5.41) is 16.6. The van der Waals surface area contributed by atoms with E-state index in [1.54, 1.807) is 68.2 Å². The van der Waals surface area contributed by atoms with Crippen LogP contribution in [0.1, 0.15) is 31.0 Å². The SMILES string of the molecule is CCOC(=O)C1=C(C)N=c2s/c(=C\c3cn(-c4ccccc4)nc3-c3ccc(OC)c([N+](=O)[O-])c3)c(=O)n2[C@@H]1c1ccc(OC)cc1. The molecule has 13 heteroatoms. The number of hydrogen-bond acceptors (Lipinski definition) is 10. The minimum Gasteiger partial charge on any atom is -0.497 e. The summed E-state index contributed by atoms with van der Waals surface area (Å²) >= 11 is 1.17. The molecule has 0 bridgehead atoms. The summed E-state index contributed by atoms with van der Waals surface area (Å²) in [5.41, 5.74) is 2.98. The Morgan fingerprint density at radius 1 is 1.06 bits per heavy atom. The number of thiazole rings is 1. The van der Waals surface area contributed by atoms with Crippen LogP contribution in [0, 0.1) is 10.1 Å². The van der Waals surface area contributed by atoms with Gasteiger partial charge in [-0.25, -0.2) is 14.5 Å². The summed E-state index contributed by atoms with van der Waals surface area (Å²) in [6.45, 7) is 3.60. The van der Waals surface area contributed by atoms with Gasteiger partial charge in [0.1, 0.15) is 11.4 Å². The van der Waals surface area contributed by atoms with Crippen LogP contribution in [0.4, 0.5) is 5.69 Å². The lowest BCUT2D eigenvalue weighted by Gasteiger charge is -2.24. The molecule has 0 spiro atoms. The van der Waals surface area contributed by atoms with E-state index in [-0.39, 0.29) is 29.2 Å². The Labute approximate surface area is 272 Å². The predicted octanol–water partition coefficient (Wildman–Crippen LogP) is 4.58. The molecule has 0 aliphatic carbocycles. The smallest absolute Gasteiger partial charge is 0.338 e. The predicted molar refractivity (Wildman–Crippen MR) is 176 cm³/mol. The van der Waals surface area contributed by atoms with Crippen molar-refractivity contribution in [1.82, 2.24) is 14.3 Å². The van der Waals surface area contributed by atoms with Crippen molar-refractivity contribution in [2.45, 2.75) is 19.9 Å². The minimum atomic E-state index is -0.797. The molecule has 12 nitrogen and oxygen atoms in total. The third-order valence-corrected chi connectivity index (χ3v) is 8.63. The first-order valence-electron chi connectivity index (χ1n) is 14.6. The maximum atomic E-state index is 14.3. The summed E-state index contributed by atoms with van der Waals surface area (Å²) in [6, 6.07) is 20.3. The number of esters is 1. The number of aromatic nitrogens is 3. The zero-order valence-electron chi connectivity index (χ0n) is 25.9. The molecular formula is C34H29N5O7S. The molecule has 1 atom stereocenters. The number of fused-ring (bicyclic) bond motifs is 1. The Morgan fingerprint density at radius 2 is 1.81 bits per heavy atom. The highest BCUT2D eigenvalue weighted by molar-refractivity contribution is 7.07.